The van der Waals surface area contributed by atoms with E-state index in [0.29, 0.717) is 12.2 Å². The molecule has 2 aromatic carbocycles. The summed E-state index contributed by atoms with van der Waals surface area (Å²) in [5.41, 5.74) is 7.65. The Morgan fingerprint density at radius 2 is 1.92 bits per heavy atom. The molecule has 0 heterocycles. The van der Waals surface area contributed by atoms with Crippen LogP contribution in [-0.4, -0.2) is 12.5 Å². The first kappa shape index (κ1) is 15.4. The lowest BCUT2D eigenvalue weighted by Crippen LogP contribution is -2.17. The van der Waals surface area contributed by atoms with Gasteiger partial charge in [0.05, 0.1) is 5.57 Å². The van der Waals surface area contributed by atoms with Crippen molar-refractivity contribution in [2.45, 2.75) is 25.9 Å². The fraction of sp³-hybridized carbons (Fsp3) is 0.238. The molecule has 0 amide bonds. The van der Waals surface area contributed by atoms with Gasteiger partial charge >= 0.3 is 0 Å². The van der Waals surface area contributed by atoms with E-state index in [-0.39, 0.29) is 6.10 Å². The summed E-state index contributed by atoms with van der Waals surface area (Å²) in [6.45, 7) is 2.50. The zero-order valence-electron chi connectivity index (χ0n) is 13.4. The quantitative estimate of drug-likeness (QED) is 0.724. The molecule has 0 aliphatic heterocycles. The van der Waals surface area contributed by atoms with Crippen LogP contribution in [-0.2, 0) is 22.4 Å². The lowest BCUT2D eigenvalue weighted by molar-refractivity contribution is 0.0904. The first-order valence-electron chi connectivity index (χ1n) is 8.22. The number of halogens is 1. The summed E-state index contributed by atoms with van der Waals surface area (Å²) in [6, 6.07) is 10.3. The summed E-state index contributed by atoms with van der Waals surface area (Å²) < 4.78 is 5.91. The van der Waals surface area contributed by atoms with Gasteiger partial charge in [-0.2, -0.15) is 0 Å². The predicted molar refractivity (Wildman–Crippen MR) is 96.9 cm³/mol. The summed E-state index contributed by atoms with van der Waals surface area (Å²) in [5.74, 6) is 2.05. The molecule has 2 aromatic rings. The van der Waals surface area contributed by atoms with Gasteiger partial charge in [0.1, 0.15) is 12.0 Å². The van der Waals surface area contributed by atoms with E-state index in [2.05, 4.69) is 18.2 Å². The summed E-state index contributed by atoms with van der Waals surface area (Å²) in [7, 11) is 0. The number of hydrogen-bond donors (Lipinski definition) is 0. The molecule has 2 aliphatic carbocycles. The van der Waals surface area contributed by atoms with Crippen molar-refractivity contribution in [3.63, 3.8) is 0 Å². The van der Waals surface area contributed by atoms with Crippen molar-refractivity contribution in [3.05, 3.63) is 69.3 Å². The molecule has 0 saturated carbocycles. The standard InChI is InChI=1S/C21H17ClO2/c1-2-24-21-14(12-23)7-6-13-8-9-16-15-4-3-5-19(22)17(15)10-11-18(16)20(13)21/h3-9,21H,2,10-11H2,1H3. The molecule has 1 atom stereocenters. The van der Waals surface area contributed by atoms with Crippen LogP contribution in [0.1, 0.15) is 35.3 Å². The van der Waals surface area contributed by atoms with E-state index in [0.717, 1.165) is 29.0 Å². The highest BCUT2D eigenvalue weighted by Crippen LogP contribution is 2.44. The molecule has 2 nitrogen and oxygen atoms in total. The molecular formula is C21H17ClO2. The third-order valence-electron chi connectivity index (χ3n) is 4.86. The van der Waals surface area contributed by atoms with Crippen molar-refractivity contribution in [2.24, 2.45) is 0 Å². The molecule has 0 saturated heterocycles. The molecule has 24 heavy (non-hydrogen) atoms. The van der Waals surface area contributed by atoms with Crippen LogP contribution in [0.25, 0.3) is 17.2 Å². The Labute approximate surface area is 146 Å². The van der Waals surface area contributed by atoms with Gasteiger partial charge in [0.2, 0.25) is 0 Å². The fourth-order valence-electron chi connectivity index (χ4n) is 3.82. The average Bonchev–Trinajstić information content (AvgIpc) is 2.61. The lowest BCUT2D eigenvalue weighted by Gasteiger charge is -2.30. The fourth-order valence-corrected chi connectivity index (χ4v) is 4.09. The molecule has 3 heteroatoms. The number of rotatable bonds is 2. The maximum Gasteiger partial charge on any atom is 0.131 e. The van der Waals surface area contributed by atoms with Crippen LogP contribution in [0.4, 0.5) is 0 Å². The minimum absolute atomic E-state index is 0.330. The van der Waals surface area contributed by atoms with E-state index in [1.807, 2.05) is 37.1 Å². The normalized spacial score (nSPS) is 17.8. The largest absolute Gasteiger partial charge is 0.368 e. The van der Waals surface area contributed by atoms with E-state index < -0.39 is 0 Å². The number of fused-ring (bicyclic) bond motifs is 5. The Balaban J connectivity index is 1.97. The maximum absolute atomic E-state index is 11.4. The number of carbonyl (C=O) groups excluding carboxylic acids is 1. The Kier molecular flexibility index (Phi) is 3.90. The third-order valence-corrected chi connectivity index (χ3v) is 5.22. The van der Waals surface area contributed by atoms with Crippen LogP contribution in [0.15, 0.2) is 42.0 Å². The van der Waals surface area contributed by atoms with Crippen LogP contribution < -0.4 is 0 Å². The topological polar surface area (TPSA) is 26.3 Å². The monoisotopic (exact) mass is 336 g/mol. The summed E-state index contributed by atoms with van der Waals surface area (Å²) in [6.07, 6.45) is 5.28. The van der Waals surface area contributed by atoms with Crippen molar-refractivity contribution in [1.29, 1.82) is 0 Å². The van der Waals surface area contributed by atoms with Crippen molar-refractivity contribution in [1.82, 2.24) is 0 Å². The summed E-state index contributed by atoms with van der Waals surface area (Å²) >= 11 is 6.38. The smallest absolute Gasteiger partial charge is 0.131 e. The maximum atomic E-state index is 11.4. The minimum atomic E-state index is -0.330. The molecule has 0 bridgehead atoms. The molecule has 0 fully saturated rings. The molecular weight excluding hydrogens is 320 g/mol. The number of hydrogen-bond acceptors (Lipinski definition) is 2. The first-order valence-corrected chi connectivity index (χ1v) is 8.60. The Morgan fingerprint density at radius 3 is 2.71 bits per heavy atom. The Morgan fingerprint density at radius 1 is 1.12 bits per heavy atom. The molecule has 0 aromatic heterocycles. The first-order chi connectivity index (χ1) is 11.7. The minimum Gasteiger partial charge on any atom is -0.368 e. The Hall–Kier alpha value is -2.12. The second kappa shape index (κ2) is 6.07. The van der Waals surface area contributed by atoms with Crippen molar-refractivity contribution in [3.8, 4) is 11.1 Å². The average molecular weight is 337 g/mol. The van der Waals surface area contributed by atoms with Crippen LogP contribution in [0.5, 0.6) is 0 Å². The zero-order chi connectivity index (χ0) is 16.7. The number of benzene rings is 2. The van der Waals surface area contributed by atoms with Crippen LogP contribution in [0.3, 0.4) is 0 Å². The van der Waals surface area contributed by atoms with Gasteiger partial charge in [-0.05, 0) is 65.3 Å². The highest BCUT2D eigenvalue weighted by atomic mass is 35.5. The molecule has 1 unspecified atom stereocenters. The number of ether oxygens (including phenoxy) is 1. The van der Waals surface area contributed by atoms with Gasteiger partial charge in [-0.3, -0.25) is 0 Å². The van der Waals surface area contributed by atoms with E-state index >= 15 is 0 Å². The SMILES string of the molecule is CCOC1C(=C=O)C=Cc2ccc3c(c21)CCc1c(Cl)cccc1-3. The third kappa shape index (κ3) is 2.27. The van der Waals surface area contributed by atoms with Gasteiger partial charge in [0.15, 0.2) is 0 Å². The molecule has 120 valence electrons. The Bertz CT molecular complexity index is 904. The summed E-state index contributed by atoms with van der Waals surface area (Å²) in [5, 5.41) is 0.825. The zero-order valence-corrected chi connectivity index (χ0v) is 14.2. The molecule has 4 rings (SSSR count). The molecule has 2 aliphatic rings. The molecule has 0 N–H and O–H groups in total. The predicted octanol–water partition coefficient (Wildman–Crippen LogP) is 4.97. The van der Waals surface area contributed by atoms with E-state index in [1.165, 1.54) is 22.3 Å². The van der Waals surface area contributed by atoms with Gasteiger partial charge in [-0.25, -0.2) is 4.79 Å². The van der Waals surface area contributed by atoms with Gasteiger partial charge in [0, 0.05) is 11.6 Å². The van der Waals surface area contributed by atoms with E-state index in [1.54, 1.807) is 0 Å². The molecule has 0 spiro atoms. The lowest BCUT2D eigenvalue weighted by atomic mass is 9.78. The summed E-state index contributed by atoms with van der Waals surface area (Å²) in [4.78, 5) is 11.4. The van der Waals surface area contributed by atoms with Crippen LogP contribution in [0, 0.1) is 0 Å². The van der Waals surface area contributed by atoms with Crippen molar-refractivity contribution >= 4 is 23.6 Å². The highest BCUT2D eigenvalue weighted by Gasteiger charge is 2.29. The van der Waals surface area contributed by atoms with Crippen LogP contribution >= 0.6 is 11.6 Å². The van der Waals surface area contributed by atoms with Gasteiger partial charge in [0.25, 0.3) is 0 Å². The van der Waals surface area contributed by atoms with Crippen LogP contribution in [0.2, 0.25) is 5.02 Å². The second-order valence-corrected chi connectivity index (χ2v) is 6.49. The van der Waals surface area contributed by atoms with Crippen molar-refractivity contribution < 1.29 is 9.53 Å². The van der Waals surface area contributed by atoms with Gasteiger partial charge < -0.3 is 4.74 Å². The van der Waals surface area contributed by atoms with Gasteiger partial charge in [-0.15, -0.1) is 0 Å². The molecule has 0 radical (unpaired) electrons. The van der Waals surface area contributed by atoms with E-state index in [4.69, 9.17) is 16.3 Å². The van der Waals surface area contributed by atoms with Gasteiger partial charge in [-0.1, -0.05) is 41.9 Å². The second-order valence-electron chi connectivity index (χ2n) is 6.09. The van der Waals surface area contributed by atoms with E-state index in [9.17, 15) is 4.79 Å². The van der Waals surface area contributed by atoms with Crippen molar-refractivity contribution in [2.75, 3.05) is 6.61 Å². The highest BCUT2D eigenvalue weighted by molar-refractivity contribution is 6.31.